The number of hydrogen-bond donors (Lipinski definition) is 0. The van der Waals surface area contributed by atoms with Gasteiger partial charge in [-0.05, 0) is 30.3 Å². The van der Waals surface area contributed by atoms with E-state index in [2.05, 4.69) is 20.9 Å². The average molecular weight is 428 g/mol. The van der Waals surface area contributed by atoms with Gasteiger partial charge in [-0.15, -0.1) is 0 Å². The molecule has 30 heavy (non-hydrogen) atoms. The highest BCUT2D eigenvalue weighted by Crippen LogP contribution is 2.26. The molecule has 0 amide bonds. The van der Waals surface area contributed by atoms with E-state index in [0.717, 1.165) is 67.0 Å². The van der Waals surface area contributed by atoms with Crippen molar-refractivity contribution in [2.45, 2.75) is 13.1 Å². The Hall–Kier alpha value is -2.54. The third-order valence-corrected chi connectivity index (χ3v) is 5.60. The van der Waals surface area contributed by atoms with Crippen LogP contribution >= 0.6 is 11.6 Å². The van der Waals surface area contributed by atoms with Crippen LogP contribution in [0.5, 0.6) is 11.5 Å². The minimum Gasteiger partial charge on any atom is -0.497 e. The Balaban J connectivity index is 1.32. The van der Waals surface area contributed by atoms with Gasteiger partial charge in [-0.2, -0.15) is 0 Å². The summed E-state index contributed by atoms with van der Waals surface area (Å²) in [5, 5.41) is 0.689. The molecular formula is C23H26ClN3O3. The zero-order chi connectivity index (χ0) is 20.9. The number of benzene rings is 2. The third-order valence-electron chi connectivity index (χ3n) is 5.37. The van der Waals surface area contributed by atoms with Gasteiger partial charge in [-0.1, -0.05) is 23.7 Å². The van der Waals surface area contributed by atoms with Crippen LogP contribution in [-0.4, -0.2) is 55.2 Å². The lowest BCUT2D eigenvalue weighted by Crippen LogP contribution is -2.45. The topological polar surface area (TPSA) is 51.0 Å². The molecule has 0 saturated carbocycles. The fourth-order valence-electron chi connectivity index (χ4n) is 3.70. The Morgan fingerprint density at radius 1 is 0.967 bits per heavy atom. The Morgan fingerprint density at radius 3 is 2.43 bits per heavy atom. The van der Waals surface area contributed by atoms with Gasteiger partial charge in [0.15, 0.2) is 5.76 Å². The van der Waals surface area contributed by atoms with Crippen LogP contribution in [0.2, 0.25) is 5.02 Å². The van der Waals surface area contributed by atoms with E-state index in [1.807, 2.05) is 36.4 Å². The smallest absolute Gasteiger partial charge is 0.209 e. The summed E-state index contributed by atoms with van der Waals surface area (Å²) in [6, 6.07) is 13.6. The highest BCUT2D eigenvalue weighted by atomic mass is 35.5. The zero-order valence-corrected chi connectivity index (χ0v) is 18.1. The molecule has 1 aromatic heterocycles. The molecule has 0 atom stereocenters. The van der Waals surface area contributed by atoms with Gasteiger partial charge >= 0.3 is 0 Å². The molecule has 0 N–H and O–H groups in total. The van der Waals surface area contributed by atoms with Crippen molar-refractivity contribution in [3.8, 4) is 22.8 Å². The normalized spacial score (nSPS) is 15.3. The molecule has 1 aliphatic rings. The maximum absolute atomic E-state index is 6.07. The second kappa shape index (κ2) is 9.51. The van der Waals surface area contributed by atoms with E-state index in [9.17, 15) is 0 Å². The molecule has 7 heteroatoms. The molecule has 2 aromatic carbocycles. The van der Waals surface area contributed by atoms with Gasteiger partial charge in [0.2, 0.25) is 5.89 Å². The molecule has 1 saturated heterocycles. The highest BCUT2D eigenvalue weighted by Gasteiger charge is 2.20. The molecular weight excluding hydrogens is 402 g/mol. The molecule has 1 fully saturated rings. The first-order valence-electron chi connectivity index (χ1n) is 10.0. The summed E-state index contributed by atoms with van der Waals surface area (Å²) >= 11 is 6.07. The summed E-state index contributed by atoms with van der Waals surface area (Å²) < 4.78 is 16.8. The summed E-state index contributed by atoms with van der Waals surface area (Å²) in [7, 11) is 3.39. The monoisotopic (exact) mass is 427 g/mol. The molecule has 3 aromatic rings. The molecule has 4 rings (SSSR count). The SMILES string of the molecule is COc1ccc(OC)c(CN2CCN(Cc3ncc(-c4cccc(Cl)c4)o3)CC2)c1. The van der Waals surface area contributed by atoms with E-state index in [1.165, 1.54) is 0 Å². The van der Waals surface area contributed by atoms with E-state index in [0.29, 0.717) is 11.6 Å². The lowest BCUT2D eigenvalue weighted by molar-refractivity contribution is 0.114. The molecule has 6 nitrogen and oxygen atoms in total. The van der Waals surface area contributed by atoms with Crippen LogP contribution in [0, 0.1) is 0 Å². The summed E-state index contributed by atoms with van der Waals surface area (Å²) in [5.41, 5.74) is 2.09. The Morgan fingerprint density at radius 2 is 1.73 bits per heavy atom. The van der Waals surface area contributed by atoms with Crippen LogP contribution in [0.1, 0.15) is 11.5 Å². The van der Waals surface area contributed by atoms with Crippen molar-refractivity contribution in [2.75, 3.05) is 40.4 Å². The van der Waals surface area contributed by atoms with Crippen molar-refractivity contribution in [1.29, 1.82) is 0 Å². The molecule has 158 valence electrons. The maximum atomic E-state index is 6.07. The lowest BCUT2D eigenvalue weighted by Gasteiger charge is -2.34. The summed E-state index contributed by atoms with van der Waals surface area (Å²) in [4.78, 5) is 9.25. The van der Waals surface area contributed by atoms with Crippen LogP contribution in [-0.2, 0) is 13.1 Å². The second-order valence-electron chi connectivity index (χ2n) is 7.36. The second-order valence-corrected chi connectivity index (χ2v) is 7.80. The third kappa shape index (κ3) is 4.95. The van der Waals surface area contributed by atoms with Crippen molar-refractivity contribution < 1.29 is 13.9 Å². The van der Waals surface area contributed by atoms with Crippen molar-refractivity contribution in [3.63, 3.8) is 0 Å². The van der Waals surface area contributed by atoms with Gasteiger partial charge in [0.05, 0.1) is 27.0 Å². The lowest BCUT2D eigenvalue weighted by atomic mass is 10.1. The number of nitrogens with zero attached hydrogens (tertiary/aromatic N) is 3. The molecule has 0 radical (unpaired) electrons. The molecule has 0 aliphatic carbocycles. The maximum Gasteiger partial charge on any atom is 0.209 e. The van der Waals surface area contributed by atoms with E-state index in [-0.39, 0.29) is 0 Å². The minimum absolute atomic E-state index is 0.689. The van der Waals surface area contributed by atoms with Crippen molar-refractivity contribution in [3.05, 3.63) is 65.1 Å². The van der Waals surface area contributed by atoms with E-state index >= 15 is 0 Å². The van der Waals surface area contributed by atoms with Crippen LogP contribution in [0.25, 0.3) is 11.3 Å². The Kier molecular flexibility index (Phi) is 6.57. The number of aromatic nitrogens is 1. The van der Waals surface area contributed by atoms with Crippen molar-refractivity contribution in [2.24, 2.45) is 0 Å². The van der Waals surface area contributed by atoms with Gasteiger partial charge in [-0.3, -0.25) is 9.80 Å². The Labute approximate surface area is 182 Å². The van der Waals surface area contributed by atoms with Crippen molar-refractivity contribution in [1.82, 2.24) is 14.8 Å². The van der Waals surface area contributed by atoms with Gasteiger partial charge in [-0.25, -0.2) is 4.98 Å². The molecule has 0 unspecified atom stereocenters. The molecule has 0 spiro atoms. The molecule has 2 heterocycles. The Bertz CT molecular complexity index is 983. The van der Waals surface area contributed by atoms with Crippen molar-refractivity contribution >= 4 is 11.6 Å². The van der Waals surface area contributed by atoms with Crippen LogP contribution in [0.15, 0.2) is 53.1 Å². The first-order chi connectivity index (χ1) is 14.6. The number of methoxy groups -OCH3 is 2. The van der Waals surface area contributed by atoms with Crippen LogP contribution in [0.4, 0.5) is 0 Å². The van der Waals surface area contributed by atoms with Crippen LogP contribution in [0.3, 0.4) is 0 Å². The minimum atomic E-state index is 0.689. The number of piperazine rings is 1. The van der Waals surface area contributed by atoms with E-state index < -0.39 is 0 Å². The first-order valence-corrected chi connectivity index (χ1v) is 10.4. The number of rotatable bonds is 7. The van der Waals surface area contributed by atoms with Gasteiger partial charge in [0.25, 0.3) is 0 Å². The van der Waals surface area contributed by atoms with Gasteiger partial charge < -0.3 is 13.9 Å². The first kappa shape index (κ1) is 20.7. The quantitative estimate of drug-likeness (QED) is 0.559. The number of halogens is 1. The average Bonchev–Trinajstić information content (AvgIpc) is 3.23. The summed E-state index contributed by atoms with van der Waals surface area (Å²) in [6.07, 6.45) is 1.77. The summed E-state index contributed by atoms with van der Waals surface area (Å²) in [5.74, 6) is 3.22. The zero-order valence-electron chi connectivity index (χ0n) is 17.3. The van der Waals surface area contributed by atoms with Gasteiger partial charge in [0, 0.05) is 48.9 Å². The highest BCUT2D eigenvalue weighted by molar-refractivity contribution is 6.30. The summed E-state index contributed by atoms with van der Waals surface area (Å²) in [6.45, 7) is 5.41. The fourth-order valence-corrected chi connectivity index (χ4v) is 3.89. The number of hydrogen-bond acceptors (Lipinski definition) is 6. The largest absolute Gasteiger partial charge is 0.497 e. The molecule has 0 bridgehead atoms. The number of oxazole rings is 1. The fraction of sp³-hybridized carbons (Fsp3) is 0.348. The van der Waals surface area contributed by atoms with Crippen LogP contribution < -0.4 is 9.47 Å². The number of ether oxygens (including phenoxy) is 2. The van der Waals surface area contributed by atoms with Gasteiger partial charge in [0.1, 0.15) is 11.5 Å². The predicted octanol–water partition coefficient (Wildman–Crippen LogP) is 4.33. The van der Waals surface area contributed by atoms with E-state index in [1.54, 1.807) is 20.4 Å². The molecule has 1 aliphatic heterocycles. The standard InChI is InChI=1S/C23H26ClN3O3/c1-28-20-6-7-21(29-2)18(13-20)15-26-8-10-27(11-9-26)16-23-25-14-22(30-23)17-4-3-5-19(24)12-17/h3-7,12-14H,8-11,15-16H2,1-2H3. The van der Waals surface area contributed by atoms with E-state index in [4.69, 9.17) is 25.5 Å². The predicted molar refractivity (Wildman–Crippen MR) is 117 cm³/mol.